The molecule has 4 heterocycles. The number of carbonyl (C=O) groups excluding carboxylic acids is 1. The summed E-state index contributed by atoms with van der Waals surface area (Å²) in [6.45, 7) is 3.01. The molecule has 0 radical (unpaired) electrons. The number of fused-ring (bicyclic) bond motifs is 1. The van der Waals surface area contributed by atoms with E-state index in [0.29, 0.717) is 6.42 Å². The molecule has 0 spiro atoms. The van der Waals surface area contributed by atoms with Gasteiger partial charge in [0.1, 0.15) is 11.4 Å². The van der Waals surface area contributed by atoms with Crippen molar-refractivity contribution in [3.63, 3.8) is 0 Å². The van der Waals surface area contributed by atoms with Crippen molar-refractivity contribution in [1.82, 2.24) is 20.3 Å². The number of H-pyrrole nitrogens is 1. The maximum Gasteiger partial charge on any atom is 0.233 e. The van der Waals surface area contributed by atoms with E-state index >= 15 is 0 Å². The van der Waals surface area contributed by atoms with E-state index in [1.165, 1.54) is 30.6 Å². The second kappa shape index (κ2) is 11.0. The number of aromatic amines is 1. The molecule has 6 rings (SSSR count). The number of ether oxygens (including phenoxy) is 1. The Hall–Kier alpha value is -3.23. The van der Waals surface area contributed by atoms with E-state index in [0.717, 1.165) is 83.6 Å². The third-order valence-corrected chi connectivity index (χ3v) is 8.18. The van der Waals surface area contributed by atoms with Crippen LogP contribution < -0.4 is 15.0 Å². The van der Waals surface area contributed by atoms with Gasteiger partial charge >= 0.3 is 0 Å². The molecule has 7 nitrogen and oxygen atoms in total. The van der Waals surface area contributed by atoms with E-state index in [1.54, 1.807) is 6.20 Å². The largest absolute Gasteiger partial charge is 0.494 e. The molecule has 0 bridgehead atoms. The lowest BCUT2D eigenvalue weighted by Crippen LogP contribution is -2.34. The molecule has 2 aliphatic rings. The fraction of sp³-hybridized carbons (Fsp3) is 0.414. The monoisotopic (exact) mass is 515 g/mol. The van der Waals surface area contributed by atoms with Crippen LogP contribution in [0.2, 0.25) is 0 Å². The van der Waals surface area contributed by atoms with E-state index in [9.17, 15) is 4.79 Å². The summed E-state index contributed by atoms with van der Waals surface area (Å²) in [4.78, 5) is 27.9. The van der Waals surface area contributed by atoms with Gasteiger partial charge in [-0.05, 0) is 87.4 Å². The predicted octanol–water partition coefficient (Wildman–Crippen LogP) is 5.58. The number of benzene rings is 1. The number of rotatable bonds is 10. The molecule has 1 aliphatic carbocycles. The zero-order chi connectivity index (χ0) is 25.0. The minimum atomic E-state index is 0.0899. The predicted molar refractivity (Wildman–Crippen MR) is 148 cm³/mol. The fourth-order valence-corrected chi connectivity index (χ4v) is 6.12. The summed E-state index contributed by atoms with van der Waals surface area (Å²) in [6, 6.07) is 12.2. The summed E-state index contributed by atoms with van der Waals surface area (Å²) < 4.78 is 6.05. The molecule has 1 aliphatic heterocycles. The van der Waals surface area contributed by atoms with Crippen LogP contribution in [-0.2, 0) is 11.2 Å². The van der Waals surface area contributed by atoms with Crippen LogP contribution in [-0.4, -0.2) is 46.6 Å². The molecule has 1 saturated heterocycles. The van der Waals surface area contributed by atoms with Gasteiger partial charge in [-0.25, -0.2) is 9.97 Å². The van der Waals surface area contributed by atoms with Crippen LogP contribution in [0.4, 0.5) is 5.13 Å². The quantitative estimate of drug-likeness (QED) is 0.269. The van der Waals surface area contributed by atoms with E-state index < -0.39 is 0 Å². The molecule has 0 atom stereocenters. The average Bonchev–Trinajstić information content (AvgIpc) is 3.47. The standard InChI is InChI=1S/C29H33N5O2S/c35-27(17-21-4-1-6-23(16-21)36-15-3-5-20-10-13-30-14-11-20)34(22-8-9-22)29-33-26(19-37-29)25-18-32-28-24(25)7-2-12-31-28/h1-2,4,6-7,12,16,18-20,22,30H,3,5,8-11,13-15,17H2,(H,31,32). The smallest absolute Gasteiger partial charge is 0.233 e. The minimum absolute atomic E-state index is 0.0899. The van der Waals surface area contributed by atoms with Gasteiger partial charge in [-0.15, -0.1) is 11.3 Å². The number of anilines is 1. The Labute approximate surface area is 221 Å². The van der Waals surface area contributed by atoms with Crippen molar-refractivity contribution in [1.29, 1.82) is 0 Å². The van der Waals surface area contributed by atoms with Crippen LogP contribution in [0, 0.1) is 5.92 Å². The van der Waals surface area contributed by atoms with E-state index in [2.05, 4.69) is 15.3 Å². The van der Waals surface area contributed by atoms with Gasteiger partial charge in [0.25, 0.3) is 0 Å². The summed E-state index contributed by atoms with van der Waals surface area (Å²) in [5, 5.41) is 7.27. The molecule has 3 aromatic heterocycles. The third kappa shape index (κ3) is 5.70. The van der Waals surface area contributed by atoms with Crippen molar-refractivity contribution in [2.75, 3.05) is 24.6 Å². The second-order valence-electron chi connectivity index (χ2n) is 10.1. The van der Waals surface area contributed by atoms with Crippen LogP contribution >= 0.6 is 11.3 Å². The topological polar surface area (TPSA) is 83.1 Å². The summed E-state index contributed by atoms with van der Waals surface area (Å²) in [5.74, 6) is 1.76. The SMILES string of the molecule is O=C(Cc1cccc(OCCCC2CCNCC2)c1)N(c1nc(-c2c[nH]c3ncccc23)cs1)C1CC1. The molecule has 2 fully saturated rings. The lowest BCUT2D eigenvalue weighted by atomic mass is 9.93. The Balaban J connectivity index is 1.09. The number of hydrogen-bond acceptors (Lipinski definition) is 6. The summed E-state index contributed by atoms with van der Waals surface area (Å²) in [6.07, 6.45) is 11.0. The molecular weight excluding hydrogens is 482 g/mol. The molecule has 1 aromatic carbocycles. The molecule has 192 valence electrons. The van der Waals surface area contributed by atoms with Crippen molar-refractivity contribution >= 4 is 33.4 Å². The Morgan fingerprint density at radius 1 is 1.14 bits per heavy atom. The van der Waals surface area contributed by atoms with Gasteiger partial charge in [0.2, 0.25) is 5.91 Å². The third-order valence-electron chi connectivity index (χ3n) is 7.34. The van der Waals surface area contributed by atoms with Gasteiger partial charge in [0.15, 0.2) is 5.13 Å². The number of thiazole rings is 1. The highest BCUT2D eigenvalue weighted by Gasteiger charge is 2.35. The first kappa shape index (κ1) is 24.1. The lowest BCUT2D eigenvalue weighted by molar-refractivity contribution is -0.118. The first-order valence-corrected chi connectivity index (χ1v) is 14.2. The van der Waals surface area contributed by atoms with Crippen molar-refractivity contribution in [3.8, 4) is 17.0 Å². The highest BCUT2D eigenvalue weighted by atomic mass is 32.1. The van der Waals surface area contributed by atoms with Gasteiger partial charge in [0.05, 0.1) is 18.7 Å². The van der Waals surface area contributed by atoms with Crippen molar-refractivity contribution in [2.45, 2.75) is 51.0 Å². The average molecular weight is 516 g/mol. The van der Waals surface area contributed by atoms with Crippen LogP contribution in [0.15, 0.2) is 54.2 Å². The number of hydrogen-bond donors (Lipinski definition) is 2. The molecule has 8 heteroatoms. The fourth-order valence-electron chi connectivity index (χ4n) is 5.20. The first-order valence-electron chi connectivity index (χ1n) is 13.4. The van der Waals surface area contributed by atoms with Gasteiger partial charge < -0.3 is 15.0 Å². The number of nitrogens with one attached hydrogen (secondary N) is 2. The molecule has 37 heavy (non-hydrogen) atoms. The maximum absolute atomic E-state index is 13.5. The molecule has 1 amide bonds. The van der Waals surface area contributed by atoms with E-state index in [4.69, 9.17) is 9.72 Å². The van der Waals surface area contributed by atoms with Crippen molar-refractivity contribution in [3.05, 3.63) is 59.7 Å². The number of piperidine rings is 1. The summed E-state index contributed by atoms with van der Waals surface area (Å²) in [5.41, 5.74) is 3.71. The number of nitrogens with zero attached hydrogens (tertiary/aromatic N) is 3. The molecule has 2 N–H and O–H groups in total. The summed E-state index contributed by atoms with van der Waals surface area (Å²) in [7, 11) is 0. The second-order valence-corrected chi connectivity index (χ2v) is 11.0. The Morgan fingerprint density at radius 2 is 2.03 bits per heavy atom. The molecular formula is C29H33N5O2S. The Kier molecular flexibility index (Phi) is 7.19. The zero-order valence-corrected chi connectivity index (χ0v) is 21.8. The maximum atomic E-state index is 13.5. The van der Waals surface area contributed by atoms with Crippen molar-refractivity contribution in [2.24, 2.45) is 5.92 Å². The van der Waals surface area contributed by atoms with Crippen LogP contribution in [0.3, 0.4) is 0 Å². The van der Waals surface area contributed by atoms with Gasteiger partial charge in [-0.1, -0.05) is 12.1 Å². The van der Waals surface area contributed by atoms with Gasteiger partial charge in [-0.3, -0.25) is 9.69 Å². The normalized spacial score (nSPS) is 16.2. The van der Waals surface area contributed by atoms with Crippen LogP contribution in [0.1, 0.15) is 44.1 Å². The zero-order valence-electron chi connectivity index (χ0n) is 21.0. The number of pyridine rings is 1. The summed E-state index contributed by atoms with van der Waals surface area (Å²) >= 11 is 1.53. The number of amides is 1. The Bertz CT molecular complexity index is 1360. The number of carbonyl (C=O) groups is 1. The lowest BCUT2D eigenvalue weighted by Gasteiger charge is -2.22. The highest BCUT2D eigenvalue weighted by molar-refractivity contribution is 7.14. The van der Waals surface area contributed by atoms with E-state index in [1.807, 2.05) is 52.9 Å². The molecule has 0 unspecified atom stereocenters. The molecule has 1 saturated carbocycles. The van der Waals surface area contributed by atoms with Crippen molar-refractivity contribution < 1.29 is 9.53 Å². The van der Waals surface area contributed by atoms with E-state index in [-0.39, 0.29) is 11.9 Å². The van der Waals surface area contributed by atoms with Crippen LogP contribution in [0.25, 0.3) is 22.3 Å². The van der Waals surface area contributed by atoms with Gasteiger partial charge in [-0.2, -0.15) is 0 Å². The Morgan fingerprint density at radius 3 is 2.89 bits per heavy atom. The molecule has 4 aromatic rings. The highest BCUT2D eigenvalue weighted by Crippen LogP contribution is 2.37. The van der Waals surface area contributed by atoms with Gasteiger partial charge in [0, 0.05) is 34.8 Å². The minimum Gasteiger partial charge on any atom is -0.494 e. The number of aromatic nitrogens is 3. The first-order chi connectivity index (χ1) is 18.2. The van der Waals surface area contributed by atoms with Crippen LogP contribution in [0.5, 0.6) is 5.75 Å².